The topological polar surface area (TPSA) is 81.8 Å². The zero-order valence-corrected chi connectivity index (χ0v) is 13.6. The first-order valence-corrected chi connectivity index (χ1v) is 8.31. The van der Waals surface area contributed by atoms with E-state index in [0.29, 0.717) is 31.7 Å². The quantitative estimate of drug-likeness (QED) is 0.846. The van der Waals surface area contributed by atoms with Gasteiger partial charge in [-0.15, -0.1) is 0 Å². The van der Waals surface area contributed by atoms with Crippen LogP contribution in [0.25, 0.3) is 0 Å². The van der Waals surface area contributed by atoms with Crippen molar-refractivity contribution in [3.05, 3.63) is 24.3 Å². The molecule has 0 bridgehead atoms. The molecule has 2 heterocycles. The summed E-state index contributed by atoms with van der Waals surface area (Å²) >= 11 is 0. The number of carbonyl (C=O) groups is 3. The van der Waals surface area contributed by atoms with E-state index in [0.717, 1.165) is 25.1 Å². The highest BCUT2D eigenvalue weighted by atomic mass is 16.2. The Hall–Kier alpha value is -2.57. The van der Waals surface area contributed by atoms with Crippen molar-refractivity contribution in [2.45, 2.75) is 19.3 Å². The summed E-state index contributed by atoms with van der Waals surface area (Å²) in [6.07, 6.45) is 2.40. The normalized spacial score (nSPS) is 18.3. The van der Waals surface area contributed by atoms with Crippen molar-refractivity contribution in [2.75, 3.05) is 42.9 Å². The van der Waals surface area contributed by atoms with E-state index >= 15 is 0 Å². The Balaban J connectivity index is 1.54. The van der Waals surface area contributed by atoms with E-state index in [9.17, 15) is 14.4 Å². The second kappa shape index (κ2) is 7.33. The molecule has 128 valence electrons. The Labute approximate surface area is 141 Å². The Kier molecular flexibility index (Phi) is 4.98. The first kappa shape index (κ1) is 16.3. The van der Waals surface area contributed by atoms with Gasteiger partial charge in [0.15, 0.2) is 0 Å². The number of piperazine rings is 1. The van der Waals surface area contributed by atoms with E-state index in [1.165, 1.54) is 0 Å². The number of amides is 3. The zero-order chi connectivity index (χ0) is 16.9. The van der Waals surface area contributed by atoms with Gasteiger partial charge in [-0.05, 0) is 37.1 Å². The standard InChI is InChI=1S/C17H22N4O3/c22-15-11-20(10-8-18-15)14-6-4-13(5-7-14)19-16(23)12-21-9-2-1-3-17(21)24/h4-7H,1-3,8-12H2,(H,18,22)(H,19,23). The summed E-state index contributed by atoms with van der Waals surface area (Å²) in [4.78, 5) is 38.9. The molecule has 0 saturated carbocycles. The molecule has 0 unspecified atom stereocenters. The summed E-state index contributed by atoms with van der Waals surface area (Å²) in [5.74, 6) is -0.115. The number of rotatable bonds is 4. The fraction of sp³-hybridized carbons (Fsp3) is 0.471. The molecule has 2 fully saturated rings. The van der Waals surface area contributed by atoms with Crippen molar-refractivity contribution in [3.63, 3.8) is 0 Å². The lowest BCUT2D eigenvalue weighted by Crippen LogP contribution is -2.47. The van der Waals surface area contributed by atoms with Crippen molar-refractivity contribution in [1.29, 1.82) is 0 Å². The first-order valence-electron chi connectivity index (χ1n) is 8.31. The molecule has 2 saturated heterocycles. The fourth-order valence-corrected chi connectivity index (χ4v) is 3.02. The molecule has 7 heteroatoms. The van der Waals surface area contributed by atoms with Gasteiger partial charge in [-0.1, -0.05) is 0 Å². The summed E-state index contributed by atoms with van der Waals surface area (Å²) in [6.45, 7) is 2.52. The molecular formula is C17H22N4O3. The van der Waals surface area contributed by atoms with Crippen LogP contribution in [0.5, 0.6) is 0 Å². The number of hydrogen-bond donors (Lipinski definition) is 2. The Bertz CT molecular complexity index is 629. The van der Waals surface area contributed by atoms with Crippen LogP contribution < -0.4 is 15.5 Å². The van der Waals surface area contributed by atoms with Crippen LogP contribution in [-0.4, -0.2) is 55.3 Å². The van der Waals surface area contributed by atoms with Crippen LogP contribution in [0.15, 0.2) is 24.3 Å². The maximum absolute atomic E-state index is 12.1. The van der Waals surface area contributed by atoms with Gasteiger partial charge in [-0.25, -0.2) is 0 Å². The second-order valence-electron chi connectivity index (χ2n) is 6.14. The molecule has 2 N–H and O–H groups in total. The summed E-state index contributed by atoms with van der Waals surface area (Å²) < 4.78 is 0. The molecule has 2 aliphatic heterocycles. The molecule has 1 aromatic rings. The monoisotopic (exact) mass is 330 g/mol. The predicted molar refractivity (Wildman–Crippen MR) is 90.7 cm³/mol. The number of nitrogens with one attached hydrogen (secondary N) is 2. The molecule has 3 amide bonds. The summed E-state index contributed by atoms with van der Waals surface area (Å²) in [7, 11) is 0. The molecule has 3 rings (SSSR count). The average molecular weight is 330 g/mol. The second-order valence-corrected chi connectivity index (χ2v) is 6.14. The molecule has 0 radical (unpaired) electrons. The molecule has 0 aliphatic carbocycles. The van der Waals surface area contributed by atoms with Crippen LogP contribution in [0.2, 0.25) is 0 Å². The van der Waals surface area contributed by atoms with Gasteiger partial charge in [0.25, 0.3) is 0 Å². The van der Waals surface area contributed by atoms with Gasteiger partial charge in [0.05, 0.1) is 13.1 Å². The molecule has 2 aliphatic rings. The van der Waals surface area contributed by atoms with Crippen LogP contribution >= 0.6 is 0 Å². The third-order valence-corrected chi connectivity index (χ3v) is 4.31. The van der Waals surface area contributed by atoms with Crippen LogP contribution in [0, 0.1) is 0 Å². The van der Waals surface area contributed by atoms with Gasteiger partial charge in [0.1, 0.15) is 0 Å². The molecular weight excluding hydrogens is 308 g/mol. The number of anilines is 2. The van der Waals surface area contributed by atoms with Gasteiger partial charge in [0.2, 0.25) is 17.7 Å². The number of benzene rings is 1. The zero-order valence-electron chi connectivity index (χ0n) is 13.6. The van der Waals surface area contributed by atoms with Crippen LogP contribution in [0.1, 0.15) is 19.3 Å². The maximum Gasteiger partial charge on any atom is 0.243 e. The van der Waals surface area contributed by atoms with Crippen molar-refractivity contribution < 1.29 is 14.4 Å². The van der Waals surface area contributed by atoms with E-state index in [1.54, 1.807) is 4.90 Å². The molecule has 0 spiro atoms. The number of likely N-dealkylation sites (tertiary alicyclic amines) is 1. The molecule has 7 nitrogen and oxygen atoms in total. The molecule has 24 heavy (non-hydrogen) atoms. The van der Waals surface area contributed by atoms with Crippen LogP contribution in [-0.2, 0) is 14.4 Å². The van der Waals surface area contributed by atoms with Gasteiger partial charge in [-0.3, -0.25) is 14.4 Å². The van der Waals surface area contributed by atoms with E-state index < -0.39 is 0 Å². The minimum absolute atomic E-state index is 0.0184. The third-order valence-electron chi connectivity index (χ3n) is 4.31. The fourth-order valence-electron chi connectivity index (χ4n) is 3.02. The van der Waals surface area contributed by atoms with Crippen molar-refractivity contribution in [3.8, 4) is 0 Å². The highest BCUT2D eigenvalue weighted by Crippen LogP contribution is 2.19. The van der Waals surface area contributed by atoms with Crippen LogP contribution in [0.3, 0.4) is 0 Å². The predicted octanol–water partition coefficient (Wildman–Crippen LogP) is 0.574. The van der Waals surface area contributed by atoms with Gasteiger partial charge in [-0.2, -0.15) is 0 Å². The molecule has 0 aromatic heterocycles. The Morgan fingerprint density at radius 1 is 1.12 bits per heavy atom. The third kappa shape index (κ3) is 4.04. The van der Waals surface area contributed by atoms with Crippen molar-refractivity contribution >= 4 is 29.1 Å². The van der Waals surface area contributed by atoms with Crippen molar-refractivity contribution in [2.24, 2.45) is 0 Å². The highest BCUT2D eigenvalue weighted by Gasteiger charge is 2.20. The number of piperidine rings is 1. The first-order chi connectivity index (χ1) is 11.6. The lowest BCUT2D eigenvalue weighted by atomic mass is 10.1. The smallest absolute Gasteiger partial charge is 0.243 e. The minimum atomic E-state index is -0.185. The summed E-state index contributed by atoms with van der Waals surface area (Å²) in [5.41, 5.74) is 1.64. The average Bonchev–Trinajstić information content (AvgIpc) is 2.58. The van der Waals surface area contributed by atoms with E-state index in [-0.39, 0.29) is 24.3 Å². The lowest BCUT2D eigenvalue weighted by molar-refractivity contribution is -0.136. The van der Waals surface area contributed by atoms with Gasteiger partial charge >= 0.3 is 0 Å². The SMILES string of the molecule is O=C1CN(c2ccc(NC(=O)CN3CCCCC3=O)cc2)CCN1. The molecule has 1 aromatic carbocycles. The minimum Gasteiger partial charge on any atom is -0.360 e. The van der Waals surface area contributed by atoms with E-state index in [4.69, 9.17) is 0 Å². The number of hydrogen-bond acceptors (Lipinski definition) is 4. The van der Waals surface area contributed by atoms with Gasteiger partial charge in [0, 0.05) is 37.4 Å². The Morgan fingerprint density at radius 2 is 1.92 bits per heavy atom. The van der Waals surface area contributed by atoms with Crippen molar-refractivity contribution in [1.82, 2.24) is 10.2 Å². The Morgan fingerprint density at radius 3 is 2.62 bits per heavy atom. The highest BCUT2D eigenvalue weighted by molar-refractivity contribution is 5.94. The number of carbonyl (C=O) groups excluding carboxylic acids is 3. The maximum atomic E-state index is 12.1. The van der Waals surface area contributed by atoms with Gasteiger partial charge < -0.3 is 20.4 Å². The van der Waals surface area contributed by atoms with E-state index in [1.807, 2.05) is 29.2 Å². The summed E-state index contributed by atoms with van der Waals surface area (Å²) in [6, 6.07) is 7.41. The van der Waals surface area contributed by atoms with E-state index in [2.05, 4.69) is 10.6 Å². The lowest BCUT2D eigenvalue weighted by Gasteiger charge is -2.28. The molecule has 0 atom stereocenters. The summed E-state index contributed by atoms with van der Waals surface area (Å²) in [5, 5.41) is 5.61. The van der Waals surface area contributed by atoms with Crippen LogP contribution in [0.4, 0.5) is 11.4 Å². The largest absolute Gasteiger partial charge is 0.360 e. The number of nitrogens with zero attached hydrogens (tertiary/aromatic N) is 2.